The third-order valence-electron chi connectivity index (χ3n) is 18.0. The number of hydrogen-bond donors (Lipinski definition) is 0. The molecule has 15 heteroatoms. The number of unbranched alkanes of at least 4 members (excludes halogenated alkanes) is 52. The van der Waals surface area contributed by atoms with Crippen molar-refractivity contribution in [2.45, 2.75) is 453 Å². The van der Waals surface area contributed by atoms with E-state index in [1.54, 1.807) is 0 Å². The molecule has 0 bridgehead atoms. The first-order valence-electron chi connectivity index (χ1n) is 42.8. The predicted molar refractivity (Wildman–Crippen MR) is 483 cm³/mol. The molecule has 0 aromatic carbocycles. The van der Waals surface area contributed by atoms with Crippen LogP contribution < -0.4 is 0 Å². The number of carbonyl (C=O) groups is 4. The molecule has 0 N–H and O–H groups in total. The summed E-state index contributed by atoms with van der Waals surface area (Å²) in [5.74, 6) is 1.67. The molecule has 0 aromatic heterocycles. The zero-order chi connectivity index (χ0) is 73.7. The first-order valence-corrected chi connectivity index (χ1v) is 45.1. The monoisotopic (exact) mass is 1780 g/mol. The predicted octanol–water partition coefficient (Wildman–Crippen LogP) is 28.2. The largest absolute Gasteiger partial charge is 2.00 e. The van der Waals surface area contributed by atoms with Gasteiger partial charge >= 0.3 is 71.7 Å². The first-order chi connectivity index (χ1) is 49.2. The van der Waals surface area contributed by atoms with Gasteiger partial charge in [-0.05, 0) is 128 Å². The second-order valence-electron chi connectivity index (χ2n) is 27.9. The normalized spacial score (nSPS) is 10.7. The van der Waals surface area contributed by atoms with Gasteiger partial charge in [-0.2, -0.15) is 13.5 Å². The number of carbonyl (C=O) groups excluding carboxylic acids is 4. The summed E-state index contributed by atoms with van der Waals surface area (Å²) >= 11 is 19.0. The molecule has 0 unspecified atom stereocenters. The molecule has 0 aliphatic carbocycles. The van der Waals surface area contributed by atoms with Gasteiger partial charge in [-0.15, -0.1) is 23.0 Å². The first kappa shape index (κ1) is 123. The number of esters is 4. The third-order valence-corrected chi connectivity index (χ3v) is 18.6. The van der Waals surface area contributed by atoms with Crippen LogP contribution in [0.2, 0.25) is 0 Å². The number of allylic oxidation sites excluding steroid dienone is 8. The smallest absolute Gasteiger partial charge is 0.789 e. The molecule has 0 spiro atoms. The molecule has 0 aliphatic rings. The third kappa shape index (κ3) is 128. The van der Waals surface area contributed by atoms with Crippen LogP contribution in [0.3, 0.4) is 0 Å². The minimum atomic E-state index is -0.0827. The van der Waals surface area contributed by atoms with Crippen LogP contribution in [0.5, 0.6) is 0 Å². The van der Waals surface area contributed by atoms with Crippen molar-refractivity contribution in [2.24, 2.45) is 0 Å². The summed E-state index contributed by atoms with van der Waals surface area (Å²) in [4.78, 5) is 45.2. The number of rotatable bonds is 76. The average molecular weight is 1780 g/mol. The van der Waals surface area contributed by atoms with E-state index in [1.165, 1.54) is 334 Å². The maximum atomic E-state index is 11.3. The zero-order valence-electron chi connectivity index (χ0n) is 67.9. The SMILES string of the molecule is C.C.CCCCC/C=C/CCCCCCCCCCCCC(=O)OCC[S-].CCCCC/C=C/CCCCCCCCCCCCC(=O)OCC[S-].CCCCC/C=C/CCCCCCCCCCCCC(=O)OCC[S-].CCCCC/C=C/CCCCCCCCCCCCC(=O)OCC[S-].S.[Sn+2].[Sn+2]. The van der Waals surface area contributed by atoms with E-state index in [2.05, 4.69) is 76.3 Å². The Labute approximate surface area is 719 Å². The summed E-state index contributed by atoms with van der Waals surface area (Å²) in [6.07, 6.45) is 99.0. The molecular weight excluding hydrogens is 1610 g/mol. The quantitative estimate of drug-likeness (QED) is 0.0145. The molecule has 8 nitrogen and oxygen atoms in total. The van der Waals surface area contributed by atoms with Crippen molar-refractivity contribution in [1.29, 1.82) is 0 Å². The fourth-order valence-corrected chi connectivity index (χ4v) is 12.0. The molecule has 4 radical (unpaired) electrons. The number of hydrogen-bond acceptors (Lipinski definition) is 12. The number of ether oxygens (including phenoxy) is 4. The molecule has 0 amide bonds. The standard InChI is InChI=1S/4C22H42O2S.2CH4.H2S.2Sn/c4*1-2-3-4-5-6-7-8-9-10-11-12-13-14-15-16-17-18-19-22(23)24-20-21-25;;;;;/h4*6-7,25H,2-5,8-21H2,1H3;2*1H4;1H2;;/q;;;;;;;2*+2/p-4/b4*7-6+;;;;;. The molecule has 0 rings (SSSR count). The Balaban J connectivity index is -0.000000165. The van der Waals surface area contributed by atoms with E-state index < -0.39 is 0 Å². The molecule has 0 fully saturated rings. The summed E-state index contributed by atoms with van der Waals surface area (Å²) in [6.45, 7) is 10.6. The fraction of sp³-hybridized carbons (Fsp3) is 0.867. The van der Waals surface area contributed by atoms with Gasteiger partial charge in [0.25, 0.3) is 0 Å². The van der Waals surface area contributed by atoms with E-state index >= 15 is 0 Å². The Bertz CT molecular complexity index is 1470. The molecule has 620 valence electrons. The van der Waals surface area contributed by atoms with Crippen molar-refractivity contribution >= 4 is 136 Å². The van der Waals surface area contributed by atoms with Crippen LogP contribution in [-0.4, -0.2) is 121 Å². The van der Waals surface area contributed by atoms with E-state index in [-0.39, 0.29) is 100 Å². The van der Waals surface area contributed by atoms with Gasteiger partial charge in [-0.25, -0.2) is 0 Å². The Kier molecular flexibility index (Phi) is 141. The van der Waals surface area contributed by atoms with Crippen molar-refractivity contribution < 1.29 is 38.1 Å². The second kappa shape index (κ2) is 120. The van der Waals surface area contributed by atoms with Crippen LogP contribution in [0.15, 0.2) is 48.6 Å². The van der Waals surface area contributed by atoms with Crippen LogP contribution in [0.25, 0.3) is 0 Å². The van der Waals surface area contributed by atoms with Crippen molar-refractivity contribution in [1.82, 2.24) is 0 Å². The van der Waals surface area contributed by atoms with Gasteiger partial charge in [0.15, 0.2) is 0 Å². The molecule has 0 saturated carbocycles. The summed E-state index contributed by atoms with van der Waals surface area (Å²) in [7, 11) is 0. The summed E-state index contributed by atoms with van der Waals surface area (Å²) < 4.78 is 19.9. The maximum Gasteiger partial charge on any atom is 2.00 e. The van der Waals surface area contributed by atoms with E-state index in [1.807, 2.05) is 0 Å². The van der Waals surface area contributed by atoms with Crippen LogP contribution in [-0.2, 0) is 88.6 Å². The van der Waals surface area contributed by atoms with Gasteiger partial charge < -0.3 is 69.5 Å². The molecule has 0 aliphatic heterocycles. The van der Waals surface area contributed by atoms with Gasteiger partial charge in [-0.3, -0.25) is 19.2 Å². The fourth-order valence-electron chi connectivity index (χ4n) is 11.7. The molecule has 0 aromatic rings. The molecular formula is C90H174O8S5Sn2. The van der Waals surface area contributed by atoms with E-state index in [4.69, 9.17) is 69.5 Å². The minimum absolute atomic E-state index is 0. The van der Waals surface area contributed by atoms with Crippen molar-refractivity contribution in [2.75, 3.05) is 49.4 Å². The average Bonchev–Trinajstić information content (AvgIpc) is 3.63. The Morgan fingerprint density at radius 1 is 0.210 bits per heavy atom. The molecule has 105 heavy (non-hydrogen) atoms. The Morgan fingerprint density at radius 3 is 0.448 bits per heavy atom. The molecule has 0 heterocycles. The maximum absolute atomic E-state index is 11.3. The van der Waals surface area contributed by atoms with Gasteiger partial charge in [0.1, 0.15) is 0 Å². The Hall–Kier alpha value is 0.187. The topological polar surface area (TPSA) is 105 Å². The van der Waals surface area contributed by atoms with Gasteiger partial charge in [-0.1, -0.05) is 348 Å². The van der Waals surface area contributed by atoms with Gasteiger partial charge in [0, 0.05) is 25.7 Å². The van der Waals surface area contributed by atoms with Crippen molar-refractivity contribution in [3.05, 3.63) is 48.6 Å². The second-order valence-corrected chi connectivity index (χ2v) is 29.5. The van der Waals surface area contributed by atoms with Crippen molar-refractivity contribution in [3.8, 4) is 0 Å². The van der Waals surface area contributed by atoms with Crippen LogP contribution in [0, 0.1) is 0 Å². The van der Waals surface area contributed by atoms with Crippen LogP contribution in [0.4, 0.5) is 0 Å². The zero-order valence-corrected chi connectivity index (χ0v) is 77.9. The van der Waals surface area contributed by atoms with Crippen LogP contribution >= 0.6 is 13.5 Å². The summed E-state index contributed by atoms with van der Waals surface area (Å²) in [5.41, 5.74) is 0. The summed E-state index contributed by atoms with van der Waals surface area (Å²) in [6, 6.07) is 0. The molecule has 0 atom stereocenters. The van der Waals surface area contributed by atoms with E-state index in [0.29, 0.717) is 75.1 Å². The Morgan fingerprint density at radius 2 is 0.324 bits per heavy atom. The van der Waals surface area contributed by atoms with Gasteiger partial charge in [0.2, 0.25) is 0 Å². The van der Waals surface area contributed by atoms with E-state index in [9.17, 15) is 19.2 Å². The van der Waals surface area contributed by atoms with Gasteiger partial charge in [0.05, 0.1) is 26.4 Å². The summed E-state index contributed by atoms with van der Waals surface area (Å²) in [5, 5.41) is 0. The van der Waals surface area contributed by atoms with Crippen LogP contribution in [0.1, 0.15) is 453 Å². The van der Waals surface area contributed by atoms with Crippen molar-refractivity contribution in [3.63, 3.8) is 0 Å². The minimum Gasteiger partial charge on any atom is -0.789 e. The van der Waals surface area contributed by atoms with E-state index in [0.717, 1.165) is 51.4 Å². The molecule has 0 saturated heterocycles.